The van der Waals surface area contributed by atoms with E-state index in [4.69, 9.17) is 21.1 Å². The average Bonchev–Trinajstić information content (AvgIpc) is 2.54. The molecule has 1 amide bonds. The maximum Gasteiger partial charge on any atom is 0.339 e. The van der Waals surface area contributed by atoms with Crippen molar-refractivity contribution in [2.75, 3.05) is 18.5 Å². The molecule has 5 nitrogen and oxygen atoms in total. The molecule has 0 aliphatic carbocycles. The second-order valence-corrected chi connectivity index (χ2v) is 4.97. The van der Waals surface area contributed by atoms with E-state index in [-0.39, 0.29) is 29.7 Å². The van der Waals surface area contributed by atoms with Gasteiger partial charge in [-0.15, -0.1) is 0 Å². The molecule has 0 bridgehead atoms. The van der Waals surface area contributed by atoms with Crippen molar-refractivity contribution in [1.29, 1.82) is 0 Å². The van der Waals surface area contributed by atoms with Crippen LogP contribution in [0.1, 0.15) is 17.3 Å². The van der Waals surface area contributed by atoms with Gasteiger partial charge in [0.2, 0.25) is 0 Å². The molecule has 0 atom stereocenters. The van der Waals surface area contributed by atoms with Crippen LogP contribution in [-0.2, 0) is 9.53 Å². The lowest BCUT2D eigenvalue weighted by Gasteiger charge is -2.09. The van der Waals surface area contributed by atoms with Crippen LogP contribution in [0, 0.1) is 0 Å². The first-order valence-corrected chi connectivity index (χ1v) is 7.42. The van der Waals surface area contributed by atoms with Crippen molar-refractivity contribution in [2.24, 2.45) is 0 Å². The molecule has 2 aromatic rings. The molecule has 6 heteroatoms. The van der Waals surface area contributed by atoms with Crippen LogP contribution >= 0.6 is 11.6 Å². The summed E-state index contributed by atoms with van der Waals surface area (Å²) in [5.74, 6) is -0.213. The van der Waals surface area contributed by atoms with Gasteiger partial charge in [-0.3, -0.25) is 4.79 Å². The van der Waals surface area contributed by atoms with Crippen LogP contribution in [0.2, 0.25) is 5.02 Å². The molecular weight excluding hydrogens is 318 g/mol. The van der Waals surface area contributed by atoms with Gasteiger partial charge >= 0.3 is 5.97 Å². The van der Waals surface area contributed by atoms with Gasteiger partial charge in [0.25, 0.3) is 5.91 Å². The Morgan fingerprint density at radius 1 is 1.13 bits per heavy atom. The summed E-state index contributed by atoms with van der Waals surface area (Å²) in [6.45, 7) is 1.86. The number of carbonyl (C=O) groups excluding carboxylic acids is 2. The Labute approximate surface area is 139 Å². The second-order valence-electron chi connectivity index (χ2n) is 4.56. The molecule has 120 valence electrons. The number of halogens is 1. The minimum Gasteiger partial charge on any atom is -0.484 e. The molecule has 0 saturated carbocycles. The molecule has 0 aliphatic heterocycles. The van der Waals surface area contributed by atoms with Gasteiger partial charge in [-0.2, -0.15) is 0 Å². The summed E-state index contributed by atoms with van der Waals surface area (Å²) in [6, 6.07) is 13.6. The van der Waals surface area contributed by atoms with Crippen molar-refractivity contribution in [3.63, 3.8) is 0 Å². The van der Waals surface area contributed by atoms with Crippen LogP contribution in [0.3, 0.4) is 0 Å². The van der Waals surface area contributed by atoms with Crippen LogP contribution < -0.4 is 10.1 Å². The number of hydrogen-bond donors (Lipinski definition) is 1. The van der Waals surface area contributed by atoms with E-state index in [2.05, 4.69) is 5.32 Å². The Balaban J connectivity index is 1.93. The standard InChI is InChI=1S/C17H16ClNO4/c1-2-22-17(21)14-9-8-12(10-15(14)18)19-16(20)11-23-13-6-4-3-5-7-13/h3-10H,2,11H2,1H3,(H,19,20). The zero-order valence-electron chi connectivity index (χ0n) is 12.5. The molecule has 0 heterocycles. The Morgan fingerprint density at radius 2 is 1.87 bits per heavy atom. The van der Waals surface area contributed by atoms with Crippen molar-refractivity contribution in [3.05, 3.63) is 59.1 Å². The van der Waals surface area contributed by atoms with Gasteiger partial charge in [0.1, 0.15) is 5.75 Å². The number of amides is 1. The van der Waals surface area contributed by atoms with E-state index in [0.717, 1.165) is 0 Å². The van der Waals surface area contributed by atoms with Crippen LogP contribution in [0.25, 0.3) is 0 Å². The first-order valence-electron chi connectivity index (χ1n) is 7.04. The quantitative estimate of drug-likeness (QED) is 0.821. The summed E-state index contributed by atoms with van der Waals surface area (Å²) < 4.78 is 10.2. The van der Waals surface area contributed by atoms with Gasteiger partial charge in [-0.1, -0.05) is 29.8 Å². The van der Waals surface area contributed by atoms with Gasteiger partial charge in [-0.25, -0.2) is 4.79 Å². The zero-order chi connectivity index (χ0) is 16.7. The van der Waals surface area contributed by atoms with Gasteiger partial charge < -0.3 is 14.8 Å². The first-order chi connectivity index (χ1) is 11.1. The fourth-order valence-corrected chi connectivity index (χ4v) is 2.09. The molecule has 0 aromatic heterocycles. The third kappa shape index (κ3) is 5.00. The number of carbonyl (C=O) groups is 2. The molecular formula is C17H16ClNO4. The van der Waals surface area contributed by atoms with Crippen LogP contribution in [0.15, 0.2) is 48.5 Å². The lowest BCUT2D eigenvalue weighted by molar-refractivity contribution is -0.118. The Bertz CT molecular complexity index is 688. The van der Waals surface area contributed by atoms with E-state index in [1.54, 1.807) is 25.1 Å². The molecule has 0 saturated heterocycles. The summed E-state index contributed by atoms with van der Waals surface area (Å²) in [6.07, 6.45) is 0. The molecule has 0 radical (unpaired) electrons. The lowest BCUT2D eigenvalue weighted by atomic mass is 10.2. The maximum absolute atomic E-state index is 11.8. The van der Waals surface area contributed by atoms with Crippen molar-refractivity contribution < 1.29 is 19.1 Å². The molecule has 0 spiro atoms. The number of nitrogens with one attached hydrogen (secondary N) is 1. The summed E-state index contributed by atoms with van der Waals surface area (Å²) in [4.78, 5) is 23.5. The molecule has 2 aromatic carbocycles. The van der Waals surface area contributed by atoms with E-state index >= 15 is 0 Å². The predicted molar refractivity (Wildman–Crippen MR) is 88.0 cm³/mol. The lowest BCUT2D eigenvalue weighted by Crippen LogP contribution is -2.20. The van der Waals surface area contributed by atoms with Gasteiger partial charge in [0, 0.05) is 5.69 Å². The van der Waals surface area contributed by atoms with Crippen LogP contribution in [-0.4, -0.2) is 25.1 Å². The van der Waals surface area contributed by atoms with Gasteiger partial charge in [-0.05, 0) is 37.3 Å². The number of anilines is 1. The number of ether oxygens (including phenoxy) is 2. The highest BCUT2D eigenvalue weighted by molar-refractivity contribution is 6.34. The third-order valence-corrected chi connectivity index (χ3v) is 3.17. The second kappa shape index (κ2) is 8.19. The summed E-state index contributed by atoms with van der Waals surface area (Å²) in [5, 5.41) is 2.86. The summed E-state index contributed by atoms with van der Waals surface area (Å²) in [7, 11) is 0. The van der Waals surface area contributed by atoms with Crippen molar-refractivity contribution in [3.8, 4) is 5.75 Å². The predicted octanol–water partition coefficient (Wildman–Crippen LogP) is 3.53. The number of rotatable bonds is 6. The molecule has 2 rings (SSSR count). The van der Waals surface area contributed by atoms with E-state index in [0.29, 0.717) is 11.4 Å². The Hall–Kier alpha value is -2.53. The minimum atomic E-state index is -0.497. The molecule has 0 aliphatic rings. The van der Waals surface area contributed by atoms with E-state index < -0.39 is 5.97 Å². The fourth-order valence-electron chi connectivity index (χ4n) is 1.83. The molecule has 0 unspecified atom stereocenters. The monoisotopic (exact) mass is 333 g/mol. The smallest absolute Gasteiger partial charge is 0.339 e. The third-order valence-electron chi connectivity index (χ3n) is 2.86. The minimum absolute atomic E-state index is 0.124. The highest BCUT2D eigenvalue weighted by Gasteiger charge is 2.12. The number of para-hydroxylation sites is 1. The van der Waals surface area contributed by atoms with Crippen LogP contribution in [0.5, 0.6) is 5.75 Å². The maximum atomic E-state index is 11.8. The van der Waals surface area contributed by atoms with Gasteiger partial charge in [0.05, 0.1) is 17.2 Å². The van der Waals surface area contributed by atoms with E-state index in [1.807, 2.05) is 18.2 Å². The highest BCUT2D eigenvalue weighted by Crippen LogP contribution is 2.22. The number of benzene rings is 2. The fraction of sp³-hybridized carbons (Fsp3) is 0.176. The Kier molecular flexibility index (Phi) is 6.00. The van der Waals surface area contributed by atoms with Gasteiger partial charge in [0.15, 0.2) is 6.61 Å². The topological polar surface area (TPSA) is 64.6 Å². The van der Waals surface area contributed by atoms with Crippen molar-refractivity contribution in [2.45, 2.75) is 6.92 Å². The normalized spacial score (nSPS) is 10.0. The molecule has 1 N–H and O–H groups in total. The average molecular weight is 334 g/mol. The van der Waals surface area contributed by atoms with E-state index in [1.165, 1.54) is 12.1 Å². The highest BCUT2D eigenvalue weighted by atomic mass is 35.5. The Morgan fingerprint density at radius 3 is 2.52 bits per heavy atom. The molecule has 23 heavy (non-hydrogen) atoms. The summed E-state index contributed by atoms with van der Waals surface area (Å²) in [5.41, 5.74) is 0.733. The number of esters is 1. The first kappa shape index (κ1) is 16.8. The van der Waals surface area contributed by atoms with Crippen LogP contribution in [0.4, 0.5) is 5.69 Å². The molecule has 0 fully saturated rings. The zero-order valence-corrected chi connectivity index (χ0v) is 13.3. The summed E-state index contributed by atoms with van der Waals surface area (Å²) >= 11 is 6.03. The largest absolute Gasteiger partial charge is 0.484 e. The number of hydrogen-bond acceptors (Lipinski definition) is 4. The SMILES string of the molecule is CCOC(=O)c1ccc(NC(=O)COc2ccccc2)cc1Cl. The van der Waals surface area contributed by atoms with E-state index in [9.17, 15) is 9.59 Å². The van der Waals surface area contributed by atoms with Crippen molar-refractivity contribution in [1.82, 2.24) is 0 Å². The van der Waals surface area contributed by atoms with Crippen molar-refractivity contribution >= 4 is 29.2 Å².